The molecule has 5 nitrogen and oxygen atoms in total. The van der Waals surface area contributed by atoms with Crippen molar-refractivity contribution in [3.63, 3.8) is 0 Å². The fourth-order valence-corrected chi connectivity index (χ4v) is 3.35. The lowest BCUT2D eigenvalue weighted by Crippen LogP contribution is -2.49. The van der Waals surface area contributed by atoms with E-state index in [1.165, 1.54) is 25.8 Å². The van der Waals surface area contributed by atoms with Crippen LogP contribution in [0.15, 0.2) is 10.6 Å². The zero-order chi connectivity index (χ0) is 14.5. The molecule has 0 saturated carbocycles. The number of rotatable bonds is 5. The highest BCUT2D eigenvalue weighted by Gasteiger charge is 2.26. The summed E-state index contributed by atoms with van der Waals surface area (Å²) in [4.78, 5) is 5.13. The highest BCUT2D eigenvalue weighted by Crippen LogP contribution is 2.21. The first-order chi connectivity index (χ1) is 10.3. The average Bonchev–Trinajstić information content (AvgIpc) is 2.98. The molecule has 0 amide bonds. The molecule has 2 aliphatic rings. The van der Waals surface area contributed by atoms with Crippen LogP contribution in [0, 0.1) is 0 Å². The maximum Gasteiger partial charge on any atom is 0.150 e. The van der Waals surface area contributed by atoms with Crippen molar-refractivity contribution < 1.29 is 9.26 Å². The molecular weight excluding hydrogens is 266 g/mol. The van der Waals surface area contributed by atoms with Gasteiger partial charge < -0.3 is 9.26 Å². The Hall–Kier alpha value is -0.910. The van der Waals surface area contributed by atoms with Gasteiger partial charge in [-0.15, -0.1) is 0 Å². The third-order valence-electron chi connectivity index (χ3n) is 4.65. The molecular formula is C16H27N3O2. The Morgan fingerprint density at radius 2 is 2.10 bits per heavy atom. The van der Waals surface area contributed by atoms with Gasteiger partial charge in [-0.2, -0.15) is 0 Å². The van der Waals surface area contributed by atoms with E-state index in [0.29, 0.717) is 6.04 Å². The molecule has 1 aromatic heterocycles. The van der Waals surface area contributed by atoms with E-state index in [-0.39, 0.29) is 0 Å². The van der Waals surface area contributed by atoms with E-state index in [1.54, 1.807) is 0 Å². The van der Waals surface area contributed by atoms with Gasteiger partial charge in [0.2, 0.25) is 0 Å². The van der Waals surface area contributed by atoms with Gasteiger partial charge >= 0.3 is 0 Å². The second-order valence-corrected chi connectivity index (χ2v) is 6.17. The molecule has 21 heavy (non-hydrogen) atoms. The standard InChI is InChI=1S/C16H27N3O2/c1-2-14-11-16(21-17-14)13-19-6-4-3-5-15(19)12-18-7-9-20-10-8-18/h11,15H,2-10,12-13H2,1H3/t15-/m0/s1. The van der Waals surface area contributed by atoms with Gasteiger partial charge in [-0.25, -0.2) is 0 Å². The molecule has 0 radical (unpaired) electrons. The SMILES string of the molecule is CCc1cc(CN2CCCC[C@H]2CN2CCOCC2)on1. The van der Waals surface area contributed by atoms with Gasteiger partial charge in [0.25, 0.3) is 0 Å². The van der Waals surface area contributed by atoms with Crippen LogP contribution in [0.3, 0.4) is 0 Å². The third kappa shape index (κ3) is 4.05. The van der Waals surface area contributed by atoms with Crippen LogP contribution in [0.2, 0.25) is 0 Å². The molecule has 118 valence electrons. The van der Waals surface area contributed by atoms with Crippen LogP contribution in [-0.2, 0) is 17.7 Å². The number of ether oxygens (including phenoxy) is 1. The Morgan fingerprint density at radius 1 is 1.24 bits per heavy atom. The lowest BCUT2D eigenvalue weighted by atomic mass is 10.0. The van der Waals surface area contributed by atoms with Crippen LogP contribution in [0.5, 0.6) is 0 Å². The molecule has 2 saturated heterocycles. The number of nitrogens with zero attached hydrogens (tertiary/aromatic N) is 3. The van der Waals surface area contributed by atoms with Gasteiger partial charge in [-0.3, -0.25) is 9.80 Å². The van der Waals surface area contributed by atoms with Gasteiger partial charge in [-0.05, 0) is 25.8 Å². The summed E-state index contributed by atoms with van der Waals surface area (Å²) in [6.07, 6.45) is 4.89. The summed E-state index contributed by atoms with van der Waals surface area (Å²) in [5, 5.41) is 4.11. The Bertz CT molecular complexity index is 429. The van der Waals surface area contributed by atoms with E-state index >= 15 is 0 Å². The van der Waals surface area contributed by atoms with Crippen molar-refractivity contribution in [1.29, 1.82) is 0 Å². The van der Waals surface area contributed by atoms with Crippen LogP contribution in [-0.4, -0.2) is 60.4 Å². The summed E-state index contributed by atoms with van der Waals surface area (Å²) in [5.41, 5.74) is 1.06. The van der Waals surface area contributed by atoms with E-state index in [1.807, 2.05) is 0 Å². The minimum absolute atomic E-state index is 0.645. The van der Waals surface area contributed by atoms with Crippen molar-refractivity contribution in [3.8, 4) is 0 Å². The molecule has 0 bridgehead atoms. The van der Waals surface area contributed by atoms with Gasteiger partial charge in [0, 0.05) is 31.7 Å². The Labute approximate surface area is 127 Å². The summed E-state index contributed by atoms with van der Waals surface area (Å²) in [6, 6.07) is 2.76. The second kappa shape index (κ2) is 7.38. The van der Waals surface area contributed by atoms with Crippen LogP contribution >= 0.6 is 0 Å². The fourth-order valence-electron chi connectivity index (χ4n) is 3.35. The molecule has 1 atom stereocenters. The molecule has 0 aliphatic carbocycles. The lowest BCUT2D eigenvalue weighted by Gasteiger charge is -2.39. The number of morpholine rings is 1. The number of aryl methyl sites for hydroxylation is 1. The highest BCUT2D eigenvalue weighted by atomic mass is 16.5. The van der Waals surface area contributed by atoms with Crippen molar-refractivity contribution in [1.82, 2.24) is 15.0 Å². The van der Waals surface area contributed by atoms with Crippen LogP contribution < -0.4 is 0 Å². The summed E-state index contributed by atoms with van der Waals surface area (Å²) < 4.78 is 10.9. The first-order valence-electron chi connectivity index (χ1n) is 8.34. The topological polar surface area (TPSA) is 41.7 Å². The summed E-state index contributed by atoms with van der Waals surface area (Å²) >= 11 is 0. The zero-order valence-electron chi connectivity index (χ0n) is 13.1. The second-order valence-electron chi connectivity index (χ2n) is 6.17. The van der Waals surface area contributed by atoms with E-state index in [2.05, 4.69) is 27.9 Å². The van der Waals surface area contributed by atoms with Gasteiger partial charge in [-0.1, -0.05) is 18.5 Å². The third-order valence-corrected chi connectivity index (χ3v) is 4.65. The molecule has 3 heterocycles. The van der Waals surface area contributed by atoms with E-state index in [9.17, 15) is 0 Å². The first kappa shape index (κ1) is 15.0. The zero-order valence-corrected chi connectivity index (χ0v) is 13.1. The molecule has 2 aliphatic heterocycles. The summed E-state index contributed by atoms with van der Waals surface area (Å²) in [6.45, 7) is 9.28. The smallest absolute Gasteiger partial charge is 0.150 e. The number of aromatic nitrogens is 1. The average molecular weight is 293 g/mol. The number of hydrogen-bond donors (Lipinski definition) is 0. The minimum atomic E-state index is 0.645. The number of hydrogen-bond acceptors (Lipinski definition) is 5. The van der Waals surface area contributed by atoms with Crippen molar-refractivity contribution in [3.05, 3.63) is 17.5 Å². The van der Waals surface area contributed by atoms with Gasteiger partial charge in [0.05, 0.1) is 25.5 Å². The van der Waals surface area contributed by atoms with Crippen LogP contribution in [0.25, 0.3) is 0 Å². The maximum absolute atomic E-state index is 5.47. The van der Waals surface area contributed by atoms with E-state index in [0.717, 1.165) is 57.3 Å². The maximum atomic E-state index is 5.47. The summed E-state index contributed by atoms with van der Waals surface area (Å²) in [5.74, 6) is 1.01. The molecule has 0 aromatic carbocycles. The molecule has 0 unspecified atom stereocenters. The van der Waals surface area contributed by atoms with Crippen molar-refractivity contribution in [2.75, 3.05) is 39.4 Å². The van der Waals surface area contributed by atoms with Crippen molar-refractivity contribution in [2.24, 2.45) is 0 Å². The Kier molecular flexibility index (Phi) is 5.27. The first-order valence-corrected chi connectivity index (χ1v) is 8.34. The molecule has 1 aromatic rings. The predicted octanol–water partition coefficient (Wildman–Crippen LogP) is 1.92. The molecule has 0 spiro atoms. The molecule has 2 fully saturated rings. The Balaban J connectivity index is 1.57. The molecule has 5 heteroatoms. The number of likely N-dealkylation sites (tertiary alicyclic amines) is 1. The largest absolute Gasteiger partial charge is 0.379 e. The van der Waals surface area contributed by atoms with Crippen LogP contribution in [0.1, 0.15) is 37.6 Å². The van der Waals surface area contributed by atoms with Gasteiger partial charge in [0.15, 0.2) is 5.76 Å². The molecule has 3 rings (SSSR count). The monoisotopic (exact) mass is 293 g/mol. The normalized spacial score (nSPS) is 25.3. The van der Waals surface area contributed by atoms with E-state index < -0.39 is 0 Å². The fraction of sp³-hybridized carbons (Fsp3) is 0.812. The quantitative estimate of drug-likeness (QED) is 0.830. The van der Waals surface area contributed by atoms with Crippen molar-refractivity contribution >= 4 is 0 Å². The Morgan fingerprint density at radius 3 is 2.86 bits per heavy atom. The minimum Gasteiger partial charge on any atom is -0.379 e. The van der Waals surface area contributed by atoms with Crippen LogP contribution in [0.4, 0.5) is 0 Å². The number of piperidine rings is 1. The van der Waals surface area contributed by atoms with Crippen molar-refractivity contribution in [2.45, 2.75) is 45.2 Å². The lowest BCUT2D eigenvalue weighted by molar-refractivity contribution is 0.0139. The molecule has 0 N–H and O–H groups in total. The van der Waals surface area contributed by atoms with E-state index in [4.69, 9.17) is 9.26 Å². The predicted molar refractivity (Wildman–Crippen MR) is 81.2 cm³/mol. The highest BCUT2D eigenvalue weighted by molar-refractivity contribution is 5.05. The van der Waals surface area contributed by atoms with Gasteiger partial charge in [0.1, 0.15) is 0 Å². The summed E-state index contributed by atoms with van der Waals surface area (Å²) in [7, 11) is 0.